The lowest BCUT2D eigenvalue weighted by Gasteiger charge is -2.31. The van der Waals surface area contributed by atoms with Crippen molar-refractivity contribution < 1.29 is 4.79 Å². The van der Waals surface area contributed by atoms with Crippen LogP contribution in [0.4, 0.5) is 0 Å². The minimum absolute atomic E-state index is 0.0211. The average Bonchev–Trinajstić information content (AvgIpc) is 2.88. The molecule has 18 heavy (non-hydrogen) atoms. The molecule has 3 N–H and O–H groups in total. The van der Waals surface area contributed by atoms with Crippen molar-refractivity contribution >= 4 is 5.91 Å². The first-order valence-electron chi connectivity index (χ1n) is 6.74. The fourth-order valence-corrected chi connectivity index (χ4v) is 2.47. The molecule has 5 nitrogen and oxygen atoms in total. The van der Waals surface area contributed by atoms with E-state index in [9.17, 15) is 4.79 Å². The predicted molar refractivity (Wildman–Crippen MR) is 69.9 cm³/mol. The number of aromatic nitrogens is 2. The topological polar surface area (TPSA) is 72.9 Å². The summed E-state index contributed by atoms with van der Waals surface area (Å²) in [6.07, 6.45) is 11.3. The number of hydrogen-bond acceptors (Lipinski definition) is 3. The normalized spacial score (nSPS) is 18.5. The van der Waals surface area contributed by atoms with E-state index in [1.807, 2.05) is 10.8 Å². The van der Waals surface area contributed by atoms with Crippen molar-refractivity contribution in [2.45, 2.75) is 50.6 Å². The molecule has 2 rings (SSSR count). The molecule has 1 heterocycles. The van der Waals surface area contributed by atoms with Crippen LogP contribution >= 0.6 is 0 Å². The second kappa shape index (κ2) is 6.00. The number of nitrogens with two attached hydrogens (primary N) is 1. The zero-order valence-corrected chi connectivity index (χ0v) is 10.8. The number of rotatable bonds is 5. The van der Waals surface area contributed by atoms with Gasteiger partial charge in [0.05, 0.1) is 11.9 Å². The zero-order valence-electron chi connectivity index (χ0n) is 10.8. The standard InChI is InChI=1S/C13H22N4O/c14-13(5-2-1-3-6-13)12(18)16-7-4-9-17-10-8-15-11-17/h8,10-11H,1-7,9,14H2,(H,16,18). The third-order valence-corrected chi connectivity index (χ3v) is 3.64. The van der Waals surface area contributed by atoms with Gasteiger partial charge in [0.25, 0.3) is 0 Å². The molecule has 0 aliphatic heterocycles. The van der Waals surface area contributed by atoms with E-state index in [4.69, 9.17) is 5.73 Å². The third-order valence-electron chi connectivity index (χ3n) is 3.64. The highest BCUT2D eigenvalue weighted by Crippen LogP contribution is 2.25. The van der Waals surface area contributed by atoms with E-state index in [-0.39, 0.29) is 5.91 Å². The Balaban J connectivity index is 1.68. The summed E-state index contributed by atoms with van der Waals surface area (Å²) in [5.74, 6) is 0.0211. The van der Waals surface area contributed by atoms with E-state index >= 15 is 0 Å². The summed E-state index contributed by atoms with van der Waals surface area (Å²) in [6, 6.07) is 0. The Morgan fingerprint density at radius 2 is 2.17 bits per heavy atom. The van der Waals surface area contributed by atoms with Crippen LogP contribution in [0.25, 0.3) is 0 Å². The molecular formula is C13H22N4O. The number of nitrogens with one attached hydrogen (secondary N) is 1. The van der Waals surface area contributed by atoms with Crippen molar-refractivity contribution in [1.29, 1.82) is 0 Å². The highest BCUT2D eigenvalue weighted by Gasteiger charge is 2.34. The van der Waals surface area contributed by atoms with Crippen molar-refractivity contribution in [3.05, 3.63) is 18.7 Å². The lowest BCUT2D eigenvalue weighted by Crippen LogP contribution is -2.55. The van der Waals surface area contributed by atoms with Crippen molar-refractivity contribution in [3.63, 3.8) is 0 Å². The summed E-state index contributed by atoms with van der Waals surface area (Å²) in [6.45, 7) is 1.55. The Morgan fingerprint density at radius 1 is 1.39 bits per heavy atom. The Labute approximate surface area is 108 Å². The number of amides is 1. The molecule has 0 bridgehead atoms. The minimum Gasteiger partial charge on any atom is -0.354 e. The smallest absolute Gasteiger partial charge is 0.240 e. The molecule has 1 aromatic heterocycles. The number of carbonyl (C=O) groups is 1. The molecule has 0 saturated heterocycles. The van der Waals surface area contributed by atoms with Gasteiger partial charge in [-0.1, -0.05) is 19.3 Å². The Kier molecular flexibility index (Phi) is 4.36. The van der Waals surface area contributed by atoms with Crippen molar-refractivity contribution in [2.24, 2.45) is 5.73 Å². The monoisotopic (exact) mass is 250 g/mol. The maximum Gasteiger partial charge on any atom is 0.240 e. The van der Waals surface area contributed by atoms with E-state index < -0.39 is 5.54 Å². The van der Waals surface area contributed by atoms with Crippen LogP contribution in [0.2, 0.25) is 0 Å². The van der Waals surface area contributed by atoms with Crippen LogP contribution in [0.1, 0.15) is 38.5 Å². The molecule has 0 spiro atoms. The molecule has 1 amide bonds. The lowest BCUT2D eigenvalue weighted by molar-refractivity contribution is -0.127. The predicted octanol–water partition coefficient (Wildman–Crippen LogP) is 1.05. The van der Waals surface area contributed by atoms with Crippen LogP contribution in [0.5, 0.6) is 0 Å². The Morgan fingerprint density at radius 3 is 2.83 bits per heavy atom. The van der Waals surface area contributed by atoms with Gasteiger partial charge in [0.2, 0.25) is 5.91 Å². The van der Waals surface area contributed by atoms with Crippen molar-refractivity contribution in [1.82, 2.24) is 14.9 Å². The molecule has 0 radical (unpaired) electrons. The van der Waals surface area contributed by atoms with Gasteiger partial charge in [-0.3, -0.25) is 4.79 Å². The molecule has 0 unspecified atom stereocenters. The summed E-state index contributed by atoms with van der Waals surface area (Å²) >= 11 is 0. The second-order valence-electron chi connectivity index (χ2n) is 5.13. The quantitative estimate of drug-likeness (QED) is 0.767. The molecule has 0 aromatic carbocycles. The molecule has 1 aliphatic carbocycles. The fraction of sp³-hybridized carbons (Fsp3) is 0.692. The molecule has 1 fully saturated rings. The van der Waals surface area contributed by atoms with Gasteiger partial charge < -0.3 is 15.6 Å². The first-order chi connectivity index (χ1) is 8.71. The molecule has 1 aliphatic rings. The largest absolute Gasteiger partial charge is 0.354 e. The van der Waals surface area contributed by atoms with Crippen LogP contribution in [-0.2, 0) is 11.3 Å². The maximum atomic E-state index is 12.0. The van der Waals surface area contributed by atoms with Crippen LogP contribution < -0.4 is 11.1 Å². The van der Waals surface area contributed by atoms with Gasteiger partial charge in [0, 0.05) is 25.5 Å². The van der Waals surface area contributed by atoms with Crippen molar-refractivity contribution in [3.8, 4) is 0 Å². The first kappa shape index (κ1) is 13.1. The highest BCUT2D eigenvalue weighted by atomic mass is 16.2. The van der Waals surface area contributed by atoms with Crippen LogP contribution in [-0.4, -0.2) is 27.5 Å². The SMILES string of the molecule is NC1(C(=O)NCCCn2ccnc2)CCCCC1. The summed E-state index contributed by atoms with van der Waals surface area (Å²) in [4.78, 5) is 16.0. The molecular weight excluding hydrogens is 228 g/mol. The molecule has 1 aromatic rings. The van der Waals surface area contributed by atoms with Crippen molar-refractivity contribution in [2.75, 3.05) is 6.54 Å². The number of hydrogen-bond donors (Lipinski definition) is 2. The highest BCUT2D eigenvalue weighted by molar-refractivity contribution is 5.86. The van der Waals surface area contributed by atoms with Gasteiger partial charge in [-0.05, 0) is 19.3 Å². The number of imidazole rings is 1. The third kappa shape index (κ3) is 3.32. The summed E-state index contributed by atoms with van der Waals surface area (Å²) in [5.41, 5.74) is 5.53. The van der Waals surface area contributed by atoms with Gasteiger partial charge in [0.1, 0.15) is 0 Å². The summed E-state index contributed by atoms with van der Waals surface area (Å²) in [5, 5.41) is 2.96. The van der Waals surface area contributed by atoms with Gasteiger partial charge >= 0.3 is 0 Å². The van der Waals surface area contributed by atoms with Crippen LogP contribution in [0.15, 0.2) is 18.7 Å². The molecule has 0 atom stereocenters. The second-order valence-corrected chi connectivity index (χ2v) is 5.13. The number of aryl methyl sites for hydroxylation is 1. The fourth-order valence-electron chi connectivity index (χ4n) is 2.47. The van der Waals surface area contributed by atoms with E-state index in [2.05, 4.69) is 10.3 Å². The summed E-state index contributed by atoms with van der Waals surface area (Å²) in [7, 11) is 0. The average molecular weight is 250 g/mol. The van der Waals surface area contributed by atoms with Gasteiger partial charge in [0.15, 0.2) is 0 Å². The van der Waals surface area contributed by atoms with Gasteiger partial charge in [-0.25, -0.2) is 4.98 Å². The Bertz CT molecular complexity index is 368. The van der Waals surface area contributed by atoms with E-state index in [1.165, 1.54) is 6.42 Å². The first-order valence-corrected chi connectivity index (χ1v) is 6.74. The van der Waals surface area contributed by atoms with Crippen LogP contribution in [0, 0.1) is 0 Å². The summed E-state index contributed by atoms with van der Waals surface area (Å²) < 4.78 is 2.00. The maximum absolute atomic E-state index is 12.0. The van der Waals surface area contributed by atoms with Gasteiger partial charge in [-0.2, -0.15) is 0 Å². The number of nitrogens with zero attached hydrogens (tertiary/aromatic N) is 2. The molecule has 5 heteroatoms. The zero-order chi connectivity index (χ0) is 12.8. The van der Waals surface area contributed by atoms with E-state index in [1.54, 1.807) is 12.5 Å². The minimum atomic E-state index is -0.618. The Hall–Kier alpha value is -1.36. The lowest BCUT2D eigenvalue weighted by atomic mass is 9.82. The molecule has 1 saturated carbocycles. The van der Waals surface area contributed by atoms with Gasteiger partial charge in [-0.15, -0.1) is 0 Å². The van der Waals surface area contributed by atoms with E-state index in [0.717, 1.165) is 38.6 Å². The number of carbonyl (C=O) groups excluding carboxylic acids is 1. The van der Waals surface area contributed by atoms with Crippen LogP contribution in [0.3, 0.4) is 0 Å². The van der Waals surface area contributed by atoms with E-state index in [0.29, 0.717) is 6.54 Å². The molecule has 100 valence electrons.